The van der Waals surface area contributed by atoms with Gasteiger partial charge in [0.2, 0.25) is 6.79 Å². The molecular formula is C23H29NO4. The van der Waals surface area contributed by atoms with Gasteiger partial charge in [0.1, 0.15) is 6.10 Å². The lowest BCUT2D eigenvalue weighted by atomic mass is 9.59. The van der Waals surface area contributed by atoms with Gasteiger partial charge in [0.25, 0.3) is 0 Å². The Hall–Kier alpha value is -2.01. The summed E-state index contributed by atoms with van der Waals surface area (Å²) in [5, 5.41) is 3.46. The second-order valence-electron chi connectivity index (χ2n) is 9.16. The highest BCUT2D eigenvalue weighted by Crippen LogP contribution is 2.53. The molecule has 5 atom stereocenters. The molecule has 2 fully saturated rings. The number of nitrogens with one attached hydrogen (secondary N) is 1. The van der Waals surface area contributed by atoms with Gasteiger partial charge in [-0.1, -0.05) is 38.0 Å². The molecule has 2 aliphatic heterocycles. The summed E-state index contributed by atoms with van der Waals surface area (Å²) in [5.41, 5.74) is 2.91. The highest BCUT2D eigenvalue weighted by atomic mass is 16.7. The van der Waals surface area contributed by atoms with Gasteiger partial charge in [-0.05, 0) is 48.3 Å². The molecule has 1 saturated carbocycles. The fourth-order valence-electron chi connectivity index (χ4n) is 5.70. The van der Waals surface area contributed by atoms with Crippen molar-refractivity contribution in [2.75, 3.05) is 13.3 Å². The van der Waals surface area contributed by atoms with Gasteiger partial charge in [-0.3, -0.25) is 4.79 Å². The average molecular weight is 383 g/mol. The molecular weight excluding hydrogens is 354 g/mol. The SMILES string of the molecule is C[C@@H]1CCC[C@@]2(C)C[C@H]3OC(=O)[C@@H](CNCc4ccc5c(c4)OCO5)[C@@H]3C=C12. The third-order valence-corrected chi connectivity index (χ3v) is 7.21. The van der Waals surface area contributed by atoms with E-state index in [1.807, 2.05) is 18.2 Å². The second kappa shape index (κ2) is 6.80. The standard InChI is InChI=1S/C23H29NO4/c1-14-4-3-7-23(2)10-21-16(9-18(14)23)17(22(25)28-21)12-24-11-15-5-6-19-20(8-15)27-13-26-19/h5-6,8-9,14,16-17,21,24H,3-4,7,10-13H2,1-2H3/t14-,16+,17+,21-,23+/m1/s1. The molecule has 2 heterocycles. The second-order valence-corrected chi connectivity index (χ2v) is 9.16. The van der Waals surface area contributed by atoms with Gasteiger partial charge in [-0.25, -0.2) is 0 Å². The Kier molecular flexibility index (Phi) is 4.38. The molecule has 0 unspecified atom stereocenters. The predicted octanol–water partition coefficient (Wildman–Crippen LogP) is 3.82. The molecule has 5 rings (SSSR count). The minimum absolute atomic E-state index is 0.0417. The first-order chi connectivity index (χ1) is 13.5. The van der Waals surface area contributed by atoms with Crippen LogP contribution >= 0.6 is 0 Å². The number of hydrogen-bond donors (Lipinski definition) is 1. The molecule has 0 amide bonds. The van der Waals surface area contributed by atoms with Crippen molar-refractivity contribution < 1.29 is 19.0 Å². The van der Waals surface area contributed by atoms with E-state index in [1.54, 1.807) is 5.57 Å². The molecule has 0 spiro atoms. The van der Waals surface area contributed by atoms with Gasteiger partial charge in [-0.2, -0.15) is 0 Å². The topological polar surface area (TPSA) is 56.8 Å². The Labute approximate surface area is 166 Å². The van der Waals surface area contributed by atoms with Gasteiger partial charge in [0.05, 0.1) is 5.92 Å². The summed E-state index contributed by atoms with van der Waals surface area (Å²) in [7, 11) is 0. The molecule has 0 radical (unpaired) electrons. The zero-order chi connectivity index (χ0) is 19.3. The van der Waals surface area contributed by atoms with E-state index in [0.29, 0.717) is 19.0 Å². The zero-order valence-electron chi connectivity index (χ0n) is 16.7. The summed E-state index contributed by atoms with van der Waals surface area (Å²) in [4.78, 5) is 12.6. The Morgan fingerprint density at radius 1 is 1.25 bits per heavy atom. The first-order valence-electron chi connectivity index (χ1n) is 10.6. The number of fused-ring (bicyclic) bond motifs is 3. The summed E-state index contributed by atoms with van der Waals surface area (Å²) in [6.45, 7) is 6.33. The molecule has 1 saturated heterocycles. The lowest BCUT2D eigenvalue weighted by Crippen LogP contribution is -2.40. The van der Waals surface area contributed by atoms with E-state index in [-0.39, 0.29) is 36.1 Å². The Balaban J connectivity index is 1.27. The summed E-state index contributed by atoms with van der Waals surface area (Å²) in [6.07, 6.45) is 7.20. The number of allylic oxidation sites excluding steroid dienone is 1. The molecule has 5 heteroatoms. The third-order valence-electron chi connectivity index (χ3n) is 7.21. The largest absolute Gasteiger partial charge is 0.461 e. The van der Waals surface area contributed by atoms with Crippen molar-refractivity contribution >= 4 is 5.97 Å². The van der Waals surface area contributed by atoms with Crippen LogP contribution in [-0.4, -0.2) is 25.4 Å². The Bertz CT molecular complexity index is 819. The molecule has 150 valence electrons. The van der Waals surface area contributed by atoms with Crippen LogP contribution in [0, 0.1) is 23.2 Å². The van der Waals surface area contributed by atoms with Crippen LogP contribution in [0.4, 0.5) is 0 Å². The van der Waals surface area contributed by atoms with Crippen LogP contribution in [0.5, 0.6) is 11.5 Å². The van der Waals surface area contributed by atoms with Gasteiger partial charge in [0.15, 0.2) is 11.5 Å². The van der Waals surface area contributed by atoms with E-state index < -0.39 is 0 Å². The number of rotatable bonds is 4. The third kappa shape index (κ3) is 3.00. The van der Waals surface area contributed by atoms with Crippen LogP contribution in [-0.2, 0) is 16.1 Å². The van der Waals surface area contributed by atoms with Crippen molar-refractivity contribution in [1.82, 2.24) is 5.32 Å². The summed E-state index contributed by atoms with van der Waals surface area (Å²) < 4.78 is 16.6. The van der Waals surface area contributed by atoms with E-state index in [2.05, 4.69) is 25.2 Å². The van der Waals surface area contributed by atoms with E-state index >= 15 is 0 Å². The molecule has 4 aliphatic rings. The van der Waals surface area contributed by atoms with Gasteiger partial charge < -0.3 is 19.5 Å². The molecule has 5 nitrogen and oxygen atoms in total. The lowest BCUT2D eigenvalue weighted by molar-refractivity contribution is -0.145. The Morgan fingerprint density at radius 2 is 2.11 bits per heavy atom. The monoisotopic (exact) mass is 383 g/mol. The maximum Gasteiger partial charge on any atom is 0.311 e. The van der Waals surface area contributed by atoms with Crippen molar-refractivity contribution in [3.63, 3.8) is 0 Å². The van der Waals surface area contributed by atoms with Crippen LogP contribution in [0.3, 0.4) is 0 Å². The maximum atomic E-state index is 12.6. The smallest absolute Gasteiger partial charge is 0.311 e. The Morgan fingerprint density at radius 3 is 3.00 bits per heavy atom. The molecule has 2 aliphatic carbocycles. The highest BCUT2D eigenvalue weighted by molar-refractivity contribution is 5.76. The van der Waals surface area contributed by atoms with Gasteiger partial charge in [-0.15, -0.1) is 0 Å². The summed E-state index contributed by atoms with van der Waals surface area (Å²) in [5.74, 6) is 2.29. The fraction of sp³-hybridized carbons (Fsp3) is 0.609. The highest BCUT2D eigenvalue weighted by Gasteiger charge is 2.51. The maximum absolute atomic E-state index is 12.6. The van der Waals surface area contributed by atoms with Crippen molar-refractivity contribution in [2.45, 2.75) is 52.2 Å². The number of ether oxygens (including phenoxy) is 3. The quantitative estimate of drug-likeness (QED) is 0.633. The van der Waals surface area contributed by atoms with Gasteiger partial charge in [0, 0.05) is 19.0 Å². The van der Waals surface area contributed by atoms with E-state index in [0.717, 1.165) is 23.5 Å². The lowest BCUT2D eigenvalue weighted by Gasteiger charge is -2.46. The first-order valence-corrected chi connectivity index (χ1v) is 10.6. The molecule has 1 aromatic rings. The minimum Gasteiger partial charge on any atom is -0.461 e. The molecule has 28 heavy (non-hydrogen) atoms. The molecule has 1 N–H and O–H groups in total. The predicted molar refractivity (Wildman–Crippen MR) is 105 cm³/mol. The van der Waals surface area contributed by atoms with E-state index in [4.69, 9.17) is 14.2 Å². The van der Waals surface area contributed by atoms with Crippen LogP contribution in [0.15, 0.2) is 29.8 Å². The molecule has 0 bridgehead atoms. The number of carbonyl (C=O) groups excluding carboxylic acids is 1. The summed E-state index contributed by atoms with van der Waals surface area (Å²) in [6, 6.07) is 5.98. The van der Waals surface area contributed by atoms with E-state index in [1.165, 1.54) is 19.3 Å². The van der Waals surface area contributed by atoms with Crippen LogP contribution in [0.1, 0.15) is 45.1 Å². The van der Waals surface area contributed by atoms with Gasteiger partial charge >= 0.3 is 5.97 Å². The number of esters is 1. The van der Waals surface area contributed by atoms with Crippen LogP contribution in [0.25, 0.3) is 0 Å². The average Bonchev–Trinajstić information content (AvgIpc) is 3.24. The first kappa shape index (κ1) is 18.0. The molecule has 1 aromatic carbocycles. The van der Waals surface area contributed by atoms with Crippen molar-refractivity contribution in [2.24, 2.45) is 23.2 Å². The number of hydrogen-bond acceptors (Lipinski definition) is 5. The fourth-order valence-corrected chi connectivity index (χ4v) is 5.70. The van der Waals surface area contributed by atoms with Crippen molar-refractivity contribution in [3.05, 3.63) is 35.4 Å². The number of benzene rings is 1. The van der Waals surface area contributed by atoms with Crippen molar-refractivity contribution in [3.8, 4) is 11.5 Å². The van der Waals surface area contributed by atoms with Crippen LogP contribution < -0.4 is 14.8 Å². The number of carbonyl (C=O) groups is 1. The van der Waals surface area contributed by atoms with Crippen LogP contribution in [0.2, 0.25) is 0 Å². The molecule has 0 aromatic heterocycles. The zero-order valence-corrected chi connectivity index (χ0v) is 16.7. The summed E-state index contributed by atoms with van der Waals surface area (Å²) >= 11 is 0. The minimum atomic E-state index is -0.0924. The van der Waals surface area contributed by atoms with Crippen molar-refractivity contribution in [1.29, 1.82) is 0 Å². The van der Waals surface area contributed by atoms with E-state index in [9.17, 15) is 4.79 Å². The normalized spacial score (nSPS) is 35.8.